The molecule has 8 nitrogen and oxygen atoms in total. The molecule has 1 aliphatic heterocycles. The summed E-state index contributed by atoms with van der Waals surface area (Å²) < 4.78 is 11.5. The molecule has 2 N–H and O–H groups in total. The molecule has 0 radical (unpaired) electrons. The molecule has 3 amide bonds. The highest BCUT2D eigenvalue weighted by atomic mass is 16.5. The highest BCUT2D eigenvalue weighted by Gasteiger charge is 2.33. The molecule has 2 aromatic rings. The molecular weight excluding hydrogens is 398 g/mol. The van der Waals surface area contributed by atoms with Crippen LogP contribution < -0.4 is 20.1 Å². The van der Waals surface area contributed by atoms with E-state index in [0.29, 0.717) is 42.4 Å². The maximum Gasteiger partial charge on any atom is 0.255 e. The number of likely N-dealkylation sites (tertiary alicyclic amines) is 1. The lowest BCUT2D eigenvalue weighted by molar-refractivity contribution is -0.137. The Hall–Kier alpha value is -3.55. The number of likely N-dealkylation sites (N-methyl/N-ethyl adjacent to an activating group) is 1. The molecule has 0 saturated carbocycles. The van der Waals surface area contributed by atoms with Gasteiger partial charge in [0.1, 0.15) is 11.8 Å². The summed E-state index contributed by atoms with van der Waals surface area (Å²) in [6.07, 6.45) is 1.38. The van der Waals surface area contributed by atoms with Gasteiger partial charge in [-0.05, 0) is 44.0 Å². The summed E-state index contributed by atoms with van der Waals surface area (Å²) in [4.78, 5) is 38.8. The van der Waals surface area contributed by atoms with E-state index in [1.54, 1.807) is 43.4 Å². The van der Waals surface area contributed by atoms with Gasteiger partial charge in [0.2, 0.25) is 11.8 Å². The van der Waals surface area contributed by atoms with Crippen LogP contribution in [0, 0.1) is 0 Å². The third-order valence-electron chi connectivity index (χ3n) is 5.02. The van der Waals surface area contributed by atoms with Crippen molar-refractivity contribution in [3.8, 4) is 17.2 Å². The topological polar surface area (TPSA) is 97.0 Å². The second-order valence-electron chi connectivity index (χ2n) is 7.02. The summed E-state index contributed by atoms with van der Waals surface area (Å²) in [6, 6.07) is 13.5. The van der Waals surface area contributed by atoms with Crippen LogP contribution in [0.2, 0.25) is 0 Å². The van der Waals surface area contributed by atoms with Crippen molar-refractivity contribution >= 4 is 17.7 Å². The van der Waals surface area contributed by atoms with Crippen LogP contribution in [0.1, 0.15) is 30.1 Å². The molecule has 1 saturated heterocycles. The van der Waals surface area contributed by atoms with Gasteiger partial charge in [-0.2, -0.15) is 0 Å². The Labute approximate surface area is 181 Å². The molecule has 1 fully saturated rings. The fourth-order valence-corrected chi connectivity index (χ4v) is 3.53. The van der Waals surface area contributed by atoms with Gasteiger partial charge in [0.25, 0.3) is 5.91 Å². The van der Waals surface area contributed by atoms with Gasteiger partial charge in [-0.25, -0.2) is 0 Å². The fraction of sp³-hybridized carbons (Fsp3) is 0.348. The van der Waals surface area contributed by atoms with Crippen LogP contribution >= 0.6 is 0 Å². The Morgan fingerprint density at radius 3 is 2.42 bits per heavy atom. The molecule has 0 aliphatic carbocycles. The SMILES string of the molecule is CCOc1ccccc1Oc1ccccc1C(=O)NCC(=O)N1CCCC1C(=O)NC. The van der Waals surface area contributed by atoms with E-state index in [2.05, 4.69) is 10.6 Å². The maximum atomic E-state index is 12.8. The monoisotopic (exact) mass is 425 g/mol. The van der Waals surface area contributed by atoms with Crippen LogP contribution in [0.25, 0.3) is 0 Å². The second kappa shape index (κ2) is 10.5. The summed E-state index contributed by atoms with van der Waals surface area (Å²) in [6.45, 7) is 2.67. The lowest BCUT2D eigenvalue weighted by Crippen LogP contribution is -2.48. The Morgan fingerprint density at radius 2 is 1.71 bits per heavy atom. The normalized spacial score (nSPS) is 15.3. The van der Waals surface area contributed by atoms with Gasteiger partial charge in [0.05, 0.1) is 18.7 Å². The quantitative estimate of drug-likeness (QED) is 0.677. The van der Waals surface area contributed by atoms with Crippen LogP contribution in [0.4, 0.5) is 0 Å². The number of hydrogen-bond acceptors (Lipinski definition) is 5. The van der Waals surface area contributed by atoms with Gasteiger partial charge in [0, 0.05) is 13.6 Å². The predicted octanol–water partition coefficient (Wildman–Crippen LogP) is 2.34. The van der Waals surface area contributed by atoms with Crippen LogP contribution in [0.3, 0.4) is 0 Å². The summed E-state index contributed by atoms with van der Waals surface area (Å²) in [7, 11) is 1.55. The van der Waals surface area contributed by atoms with Gasteiger partial charge in [0.15, 0.2) is 11.5 Å². The van der Waals surface area contributed by atoms with Gasteiger partial charge in [-0.1, -0.05) is 24.3 Å². The molecule has 8 heteroatoms. The number of benzene rings is 2. The molecule has 1 heterocycles. The number of ether oxygens (including phenoxy) is 2. The zero-order chi connectivity index (χ0) is 22.2. The molecule has 0 bridgehead atoms. The number of hydrogen-bond donors (Lipinski definition) is 2. The van der Waals surface area contributed by atoms with E-state index < -0.39 is 11.9 Å². The molecule has 1 atom stereocenters. The summed E-state index contributed by atoms with van der Waals surface area (Å²) in [5.41, 5.74) is 0.297. The third-order valence-corrected chi connectivity index (χ3v) is 5.02. The average molecular weight is 425 g/mol. The largest absolute Gasteiger partial charge is 0.490 e. The highest BCUT2D eigenvalue weighted by Crippen LogP contribution is 2.33. The maximum absolute atomic E-state index is 12.8. The molecule has 0 spiro atoms. The first-order valence-electron chi connectivity index (χ1n) is 10.3. The minimum Gasteiger partial charge on any atom is -0.490 e. The second-order valence-corrected chi connectivity index (χ2v) is 7.02. The predicted molar refractivity (Wildman–Crippen MR) is 115 cm³/mol. The minimum absolute atomic E-state index is 0.191. The van der Waals surface area contributed by atoms with Gasteiger partial charge < -0.3 is 25.0 Å². The summed E-state index contributed by atoms with van der Waals surface area (Å²) >= 11 is 0. The first kappa shape index (κ1) is 22.1. The smallest absolute Gasteiger partial charge is 0.255 e. The highest BCUT2D eigenvalue weighted by molar-refractivity contribution is 5.99. The van der Waals surface area contributed by atoms with Crippen LogP contribution in [-0.4, -0.2) is 55.4 Å². The van der Waals surface area contributed by atoms with Crippen molar-refractivity contribution < 1.29 is 23.9 Å². The van der Waals surface area contributed by atoms with E-state index in [1.165, 1.54) is 4.90 Å². The number of nitrogens with zero attached hydrogens (tertiary/aromatic N) is 1. The van der Waals surface area contributed by atoms with Crippen LogP contribution in [0.5, 0.6) is 17.2 Å². The Morgan fingerprint density at radius 1 is 1.03 bits per heavy atom. The van der Waals surface area contributed by atoms with Crippen molar-refractivity contribution in [2.24, 2.45) is 0 Å². The molecule has 164 valence electrons. The fourth-order valence-electron chi connectivity index (χ4n) is 3.53. The number of carbonyl (C=O) groups is 3. The van der Waals surface area contributed by atoms with Gasteiger partial charge in [-0.3, -0.25) is 14.4 Å². The van der Waals surface area contributed by atoms with E-state index in [9.17, 15) is 14.4 Å². The summed E-state index contributed by atoms with van der Waals surface area (Å²) in [5, 5.41) is 5.23. The molecule has 3 rings (SSSR count). The van der Waals surface area contributed by atoms with E-state index in [-0.39, 0.29) is 18.4 Å². The van der Waals surface area contributed by atoms with E-state index in [4.69, 9.17) is 9.47 Å². The van der Waals surface area contributed by atoms with E-state index in [1.807, 2.05) is 19.1 Å². The molecule has 1 unspecified atom stereocenters. The van der Waals surface area contributed by atoms with Gasteiger partial charge in [-0.15, -0.1) is 0 Å². The van der Waals surface area contributed by atoms with E-state index in [0.717, 1.165) is 6.42 Å². The number of para-hydroxylation sites is 3. The van der Waals surface area contributed by atoms with Crippen molar-refractivity contribution in [1.29, 1.82) is 0 Å². The van der Waals surface area contributed by atoms with Crippen molar-refractivity contribution in [3.63, 3.8) is 0 Å². The van der Waals surface area contributed by atoms with Crippen LogP contribution in [-0.2, 0) is 9.59 Å². The standard InChI is InChI=1S/C23H27N3O5/c1-3-30-19-12-6-7-13-20(19)31-18-11-5-4-9-16(18)22(28)25-15-21(27)26-14-8-10-17(26)23(29)24-2/h4-7,9,11-13,17H,3,8,10,14-15H2,1-2H3,(H,24,29)(H,25,28). The molecule has 0 aromatic heterocycles. The molecular formula is C23H27N3O5. The number of rotatable bonds is 8. The number of carbonyl (C=O) groups excluding carboxylic acids is 3. The summed E-state index contributed by atoms with van der Waals surface area (Å²) in [5.74, 6) is 0.497. The molecule has 31 heavy (non-hydrogen) atoms. The van der Waals surface area contributed by atoms with Crippen molar-refractivity contribution in [3.05, 3.63) is 54.1 Å². The van der Waals surface area contributed by atoms with Gasteiger partial charge >= 0.3 is 0 Å². The first-order valence-corrected chi connectivity index (χ1v) is 10.3. The van der Waals surface area contributed by atoms with Crippen molar-refractivity contribution in [1.82, 2.24) is 15.5 Å². The molecule has 2 aromatic carbocycles. The van der Waals surface area contributed by atoms with Crippen LogP contribution in [0.15, 0.2) is 48.5 Å². The average Bonchev–Trinajstić information content (AvgIpc) is 3.29. The Kier molecular flexibility index (Phi) is 7.48. The molecule has 1 aliphatic rings. The Balaban J connectivity index is 1.68. The van der Waals surface area contributed by atoms with Crippen molar-refractivity contribution in [2.45, 2.75) is 25.8 Å². The van der Waals surface area contributed by atoms with E-state index >= 15 is 0 Å². The zero-order valence-corrected chi connectivity index (χ0v) is 17.7. The zero-order valence-electron chi connectivity index (χ0n) is 17.7. The number of nitrogens with one attached hydrogen (secondary N) is 2. The first-order chi connectivity index (χ1) is 15.0. The van der Waals surface area contributed by atoms with Crippen molar-refractivity contribution in [2.75, 3.05) is 26.7 Å². The number of amides is 3. The Bertz CT molecular complexity index is 946. The minimum atomic E-state index is -0.486. The lowest BCUT2D eigenvalue weighted by Gasteiger charge is -2.23. The lowest BCUT2D eigenvalue weighted by atomic mass is 10.2. The third kappa shape index (κ3) is 5.33.